The third-order valence-electron chi connectivity index (χ3n) is 4.48. The molecule has 0 aliphatic carbocycles. The smallest absolute Gasteiger partial charge is 0.319 e. The summed E-state index contributed by atoms with van der Waals surface area (Å²) in [6.07, 6.45) is 2.06. The van der Waals surface area contributed by atoms with Crippen molar-refractivity contribution in [1.29, 1.82) is 0 Å². The van der Waals surface area contributed by atoms with Gasteiger partial charge >= 0.3 is 6.03 Å². The highest BCUT2D eigenvalue weighted by molar-refractivity contribution is 5.93. The van der Waals surface area contributed by atoms with Crippen molar-refractivity contribution in [2.45, 2.75) is 26.4 Å². The first-order chi connectivity index (χ1) is 13.1. The van der Waals surface area contributed by atoms with Crippen LogP contribution in [-0.4, -0.2) is 36.5 Å². The van der Waals surface area contributed by atoms with Crippen LogP contribution in [0.5, 0.6) is 5.75 Å². The van der Waals surface area contributed by atoms with E-state index in [1.807, 2.05) is 49.4 Å². The molecule has 0 atom stereocenters. The highest BCUT2D eigenvalue weighted by Crippen LogP contribution is 2.26. The fourth-order valence-electron chi connectivity index (χ4n) is 2.99. The number of rotatable bonds is 6. The van der Waals surface area contributed by atoms with Gasteiger partial charge in [-0.15, -0.1) is 0 Å². The van der Waals surface area contributed by atoms with E-state index in [0.29, 0.717) is 18.0 Å². The minimum absolute atomic E-state index is 0.00208. The van der Waals surface area contributed by atoms with E-state index in [0.717, 1.165) is 37.1 Å². The van der Waals surface area contributed by atoms with Gasteiger partial charge in [-0.3, -0.25) is 4.79 Å². The van der Waals surface area contributed by atoms with E-state index < -0.39 is 6.03 Å². The molecule has 0 unspecified atom stereocenters. The van der Waals surface area contributed by atoms with Crippen molar-refractivity contribution in [3.8, 4) is 5.75 Å². The van der Waals surface area contributed by atoms with Gasteiger partial charge in [-0.1, -0.05) is 36.4 Å². The number of amides is 3. The van der Waals surface area contributed by atoms with Crippen molar-refractivity contribution in [3.05, 3.63) is 59.7 Å². The summed E-state index contributed by atoms with van der Waals surface area (Å²) in [5, 5.41) is 5.40. The molecule has 27 heavy (non-hydrogen) atoms. The summed E-state index contributed by atoms with van der Waals surface area (Å²) < 4.78 is 5.89. The second-order valence-corrected chi connectivity index (χ2v) is 6.67. The molecule has 142 valence electrons. The lowest BCUT2D eigenvalue weighted by atomic mass is 10.2. The van der Waals surface area contributed by atoms with Crippen molar-refractivity contribution < 1.29 is 14.3 Å². The molecule has 0 spiro atoms. The lowest BCUT2D eigenvalue weighted by Crippen LogP contribution is -2.40. The molecule has 0 aromatic heterocycles. The van der Waals surface area contributed by atoms with E-state index in [1.54, 1.807) is 11.0 Å². The van der Waals surface area contributed by atoms with Crippen LogP contribution in [0.4, 0.5) is 10.5 Å². The predicted octanol–water partition coefficient (Wildman–Crippen LogP) is 3.32. The van der Waals surface area contributed by atoms with E-state index in [-0.39, 0.29) is 12.5 Å². The monoisotopic (exact) mass is 367 g/mol. The molecule has 1 saturated heterocycles. The average Bonchev–Trinajstić information content (AvgIpc) is 3.22. The third-order valence-corrected chi connectivity index (χ3v) is 4.48. The maximum atomic E-state index is 12.2. The summed E-state index contributed by atoms with van der Waals surface area (Å²) >= 11 is 0. The first-order valence-corrected chi connectivity index (χ1v) is 9.22. The molecule has 0 radical (unpaired) electrons. The summed E-state index contributed by atoms with van der Waals surface area (Å²) in [5.41, 5.74) is 2.65. The van der Waals surface area contributed by atoms with Gasteiger partial charge < -0.3 is 20.3 Å². The summed E-state index contributed by atoms with van der Waals surface area (Å²) in [7, 11) is 0. The Morgan fingerprint density at radius 3 is 2.56 bits per heavy atom. The molecule has 0 saturated carbocycles. The molecule has 6 heteroatoms. The molecule has 1 fully saturated rings. The van der Waals surface area contributed by atoms with Crippen LogP contribution in [0.25, 0.3) is 0 Å². The molecule has 2 aromatic rings. The summed E-state index contributed by atoms with van der Waals surface area (Å²) in [4.78, 5) is 26.0. The molecule has 1 heterocycles. The van der Waals surface area contributed by atoms with E-state index in [4.69, 9.17) is 4.74 Å². The number of carbonyl (C=O) groups excluding carboxylic acids is 2. The molecule has 3 rings (SSSR count). The minimum Gasteiger partial charge on any atom is -0.487 e. The molecule has 1 aliphatic heterocycles. The largest absolute Gasteiger partial charge is 0.487 e. The van der Waals surface area contributed by atoms with E-state index in [2.05, 4.69) is 10.6 Å². The maximum absolute atomic E-state index is 12.2. The van der Waals surface area contributed by atoms with Gasteiger partial charge in [0.2, 0.25) is 5.91 Å². The number of anilines is 1. The second-order valence-electron chi connectivity index (χ2n) is 6.67. The Morgan fingerprint density at radius 1 is 1.07 bits per heavy atom. The fourth-order valence-corrected chi connectivity index (χ4v) is 2.99. The number of aryl methyl sites for hydroxylation is 1. The van der Waals surface area contributed by atoms with Crippen molar-refractivity contribution >= 4 is 17.6 Å². The van der Waals surface area contributed by atoms with Crippen molar-refractivity contribution in [1.82, 2.24) is 10.2 Å². The Bertz CT molecular complexity index is 787. The molecule has 0 bridgehead atoms. The van der Waals surface area contributed by atoms with Crippen LogP contribution >= 0.6 is 0 Å². The van der Waals surface area contributed by atoms with Crippen LogP contribution in [0.15, 0.2) is 48.5 Å². The SMILES string of the molecule is Cc1ccc(NC(=O)NCC(=O)N2CCCC2)c(OCc2ccccc2)c1. The van der Waals surface area contributed by atoms with E-state index >= 15 is 0 Å². The number of nitrogens with one attached hydrogen (secondary N) is 2. The zero-order chi connectivity index (χ0) is 19.1. The minimum atomic E-state index is -0.420. The summed E-state index contributed by atoms with van der Waals surface area (Å²) in [5.74, 6) is 0.548. The Hall–Kier alpha value is -3.02. The van der Waals surface area contributed by atoms with E-state index in [1.165, 1.54) is 0 Å². The zero-order valence-electron chi connectivity index (χ0n) is 15.5. The first-order valence-electron chi connectivity index (χ1n) is 9.22. The van der Waals surface area contributed by atoms with Crippen LogP contribution in [0.3, 0.4) is 0 Å². The Labute approximate surface area is 159 Å². The summed E-state index contributed by atoms with van der Waals surface area (Å²) in [6.45, 7) is 3.93. The molecular formula is C21H25N3O3. The molecule has 1 aliphatic rings. The lowest BCUT2D eigenvalue weighted by Gasteiger charge is -2.17. The predicted molar refractivity (Wildman–Crippen MR) is 105 cm³/mol. The first kappa shape index (κ1) is 18.8. The number of benzene rings is 2. The Balaban J connectivity index is 1.56. The molecular weight excluding hydrogens is 342 g/mol. The molecule has 2 aromatic carbocycles. The van der Waals surface area contributed by atoms with Gasteiger partial charge in [-0.25, -0.2) is 4.79 Å². The number of hydrogen-bond donors (Lipinski definition) is 2. The Morgan fingerprint density at radius 2 is 1.81 bits per heavy atom. The second kappa shape index (κ2) is 9.07. The van der Waals surface area contributed by atoms with Crippen LogP contribution in [0.2, 0.25) is 0 Å². The average molecular weight is 367 g/mol. The highest BCUT2D eigenvalue weighted by atomic mass is 16.5. The zero-order valence-corrected chi connectivity index (χ0v) is 15.5. The van der Waals surface area contributed by atoms with Gasteiger partial charge in [0.1, 0.15) is 12.4 Å². The number of urea groups is 1. The van der Waals surface area contributed by atoms with Gasteiger partial charge in [0, 0.05) is 13.1 Å². The maximum Gasteiger partial charge on any atom is 0.319 e. The number of nitrogens with zero attached hydrogens (tertiary/aromatic N) is 1. The number of carbonyl (C=O) groups is 2. The van der Waals surface area contributed by atoms with Gasteiger partial charge in [-0.05, 0) is 43.0 Å². The van der Waals surface area contributed by atoms with Gasteiger partial charge in [0.05, 0.1) is 12.2 Å². The Kier molecular flexibility index (Phi) is 6.30. The number of likely N-dealkylation sites (tertiary alicyclic amines) is 1. The molecule has 2 N–H and O–H groups in total. The van der Waals surface area contributed by atoms with Gasteiger partial charge in [0.25, 0.3) is 0 Å². The van der Waals surface area contributed by atoms with Crippen LogP contribution in [0, 0.1) is 6.92 Å². The third kappa shape index (κ3) is 5.48. The quantitative estimate of drug-likeness (QED) is 0.823. The lowest BCUT2D eigenvalue weighted by molar-refractivity contribution is -0.128. The highest BCUT2D eigenvalue weighted by Gasteiger charge is 2.18. The van der Waals surface area contributed by atoms with Crippen molar-refractivity contribution in [2.75, 3.05) is 25.0 Å². The normalized spacial score (nSPS) is 13.3. The van der Waals surface area contributed by atoms with E-state index in [9.17, 15) is 9.59 Å². The van der Waals surface area contributed by atoms with Crippen molar-refractivity contribution in [2.24, 2.45) is 0 Å². The molecule has 6 nitrogen and oxygen atoms in total. The standard InChI is InChI=1S/C21H25N3O3/c1-16-9-10-18(19(13-16)27-15-17-7-3-2-4-8-17)23-21(26)22-14-20(25)24-11-5-6-12-24/h2-4,7-10,13H,5-6,11-12,14-15H2,1H3,(H2,22,23,26). The van der Waals surface area contributed by atoms with Crippen LogP contribution in [-0.2, 0) is 11.4 Å². The topological polar surface area (TPSA) is 70.7 Å². The van der Waals surface area contributed by atoms with Gasteiger partial charge in [-0.2, -0.15) is 0 Å². The fraction of sp³-hybridized carbons (Fsp3) is 0.333. The number of hydrogen-bond acceptors (Lipinski definition) is 3. The summed E-state index contributed by atoms with van der Waals surface area (Å²) in [6, 6.07) is 15.0. The molecule has 3 amide bonds. The van der Waals surface area contributed by atoms with Crippen molar-refractivity contribution in [3.63, 3.8) is 0 Å². The van der Waals surface area contributed by atoms with Crippen LogP contribution < -0.4 is 15.4 Å². The number of ether oxygens (including phenoxy) is 1. The van der Waals surface area contributed by atoms with Crippen LogP contribution in [0.1, 0.15) is 24.0 Å². The van der Waals surface area contributed by atoms with Gasteiger partial charge in [0.15, 0.2) is 0 Å².